The zero-order chi connectivity index (χ0) is 10.8. The van der Waals surface area contributed by atoms with Crippen molar-refractivity contribution in [3.63, 3.8) is 0 Å². The van der Waals surface area contributed by atoms with Crippen LogP contribution in [0.15, 0.2) is 0 Å². The Bertz CT molecular complexity index is 252. The van der Waals surface area contributed by atoms with Crippen molar-refractivity contribution in [3.05, 3.63) is 0 Å². The molecule has 1 saturated heterocycles. The highest BCUT2D eigenvalue weighted by Gasteiger charge is 2.42. The van der Waals surface area contributed by atoms with Crippen LogP contribution in [0.1, 0.15) is 25.7 Å². The van der Waals surface area contributed by atoms with Gasteiger partial charge in [-0.15, -0.1) is 0 Å². The van der Waals surface area contributed by atoms with Gasteiger partial charge >= 0.3 is 0 Å². The molecule has 0 aromatic rings. The predicted molar refractivity (Wildman–Crippen MR) is 54.2 cm³/mol. The van der Waals surface area contributed by atoms with Crippen LogP contribution in [0.25, 0.3) is 0 Å². The normalized spacial score (nSPS) is 37.9. The molecule has 76 valence electrons. The molecule has 14 heavy (non-hydrogen) atoms. The van der Waals surface area contributed by atoms with Crippen molar-refractivity contribution in [2.75, 3.05) is 13.2 Å². The number of rotatable bonds is 2. The van der Waals surface area contributed by atoms with Gasteiger partial charge in [-0.25, -0.2) is 0 Å². The van der Waals surface area contributed by atoms with E-state index in [2.05, 4.69) is 5.11 Å². The molecule has 2 aliphatic rings. The summed E-state index contributed by atoms with van der Waals surface area (Å²) in [5.41, 5.74) is 0. The second-order valence-electron chi connectivity index (χ2n) is 4.43. The van der Waals surface area contributed by atoms with Gasteiger partial charge in [-0.3, -0.25) is 4.79 Å². The van der Waals surface area contributed by atoms with Crippen LogP contribution in [0.5, 0.6) is 0 Å². The first-order valence-electron chi connectivity index (χ1n) is 5.79. The monoisotopic (exact) mass is 195 g/mol. The molecule has 1 aliphatic heterocycles. The minimum absolute atomic E-state index is 0.0327. The van der Waals surface area contributed by atoms with Gasteiger partial charge in [0.05, 0.1) is 12.6 Å². The van der Waals surface area contributed by atoms with Gasteiger partial charge in [-0.2, -0.15) is 0 Å². The van der Waals surface area contributed by atoms with E-state index < -0.39 is 0 Å². The molecular formula is C10H16BNO2. The quantitative estimate of drug-likeness (QED) is 0.660. The molecule has 0 bridgehead atoms. The molecule has 0 aromatic heterocycles. The van der Waals surface area contributed by atoms with Crippen molar-refractivity contribution in [2.24, 2.45) is 11.8 Å². The summed E-state index contributed by atoms with van der Waals surface area (Å²) in [5.74, 6) is 0.703. The average Bonchev–Trinajstić information content (AvgIpc) is 2.58. The molecule has 4 heteroatoms. The van der Waals surface area contributed by atoms with E-state index in [1.165, 1.54) is 19.3 Å². The molecule has 0 spiro atoms. The summed E-state index contributed by atoms with van der Waals surface area (Å²) in [6, 6.07) is 0.0327. The molecule has 2 fully saturated rings. The first-order valence-corrected chi connectivity index (χ1v) is 5.38. The Morgan fingerprint density at radius 3 is 3.07 bits per heavy atom. The van der Waals surface area contributed by atoms with Gasteiger partial charge in [0.25, 0.3) is 0 Å². The zero-order valence-corrected chi connectivity index (χ0v) is 8.32. The lowest BCUT2D eigenvalue weighted by Gasteiger charge is -2.28. The van der Waals surface area contributed by atoms with Crippen molar-refractivity contribution in [2.45, 2.75) is 31.7 Å². The number of likely N-dealkylation sites (tertiary alicyclic amines) is 1. The molecule has 0 aromatic carbocycles. The number of fused-ring (bicyclic) bond motifs is 1. The van der Waals surface area contributed by atoms with Gasteiger partial charge in [0, 0.05) is 6.54 Å². The van der Waals surface area contributed by atoms with E-state index in [1.54, 1.807) is 4.90 Å². The number of hydrogen-bond acceptors (Lipinski definition) is 2. The molecule has 3 nitrogen and oxygen atoms in total. The number of hydrogen-bond donors (Lipinski definition) is 1. The van der Waals surface area contributed by atoms with Crippen molar-refractivity contribution in [1.82, 2.24) is 4.90 Å². The fourth-order valence-corrected chi connectivity index (χ4v) is 3.06. The highest BCUT2D eigenvalue weighted by molar-refractivity contribution is 6.57. The minimum Gasteiger partial charge on any atom is -0.394 e. The maximum atomic E-state index is 11.3. The summed E-state index contributed by atoms with van der Waals surface area (Å²) in [6.45, 7) is 1.05. The molecule has 2 unspecified atom stereocenters. The third-order valence-electron chi connectivity index (χ3n) is 3.75. The topological polar surface area (TPSA) is 40.5 Å². The molecule has 2 radical (unpaired) electrons. The lowest BCUT2D eigenvalue weighted by atomic mass is 9.79. The predicted octanol–water partition coefficient (Wildman–Crippen LogP) is 0.758. The highest BCUT2D eigenvalue weighted by Crippen LogP contribution is 2.40. The van der Waals surface area contributed by atoms with E-state index in [0.29, 0.717) is 18.4 Å². The Balaban J connectivity index is 2.10. The maximum absolute atomic E-state index is 11.3. The van der Waals surface area contributed by atoms with Gasteiger partial charge < -0.3 is 10.0 Å². The third kappa shape index (κ3) is 1.56. The van der Waals surface area contributed by atoms with Gasteiger partial charge in [0.1, 0.15) is 0 Å². The van der Waals surface area contributed by atoms with Crippen LogP contribution >= 0.6 is 0 Å². The Morgan fingerprint density at radius 1 is 1.57 bits per heavy atom. The van der Waals surface area contributed by atoms with Crippen LogP contribution in [-0.2, 0) is 0 Å². The summed E-state index contributed by atoms with van der Waals surface area (Å²) < 4.78 is 6.83. The summed E-state index contributed by atoms with van der Waals surface area (Å²) >= 11 is 0. The average molecular weight is 195 g/mol. The molecule has 1 amide bonds. The van der Waals surface area contributed by atoms with Gasteiger partial charge in [0.2, 0.25) is 9.28 Å². The van der Waals surface area contributed by atoms with Crippen molar-refractivity contribution in [3.8, 4) is 0 Å². The van der Waals surface area contributed by atoms with E-state index in [-0.39, 0.29) is 11.8 Å². The Morgan fingerprint density at radius 2 is 2.36 bits per heavy atom. The lowest BCUT2D eigenvalue weighted by molar-refractivity contribution is 0.143. The van der Waals surface area contributed by atoms with Gasteiger partial charge in [-0.1, -0.05) is 12.8 Å². The van der Waals surface area contributed by atoms with Crippen LogP contribution in [0.2, 0.25) is 0 Å². The molecular weight excluding hydrogens is 177 g/mol. The maximum Gasteiger partial charge on any atom is 0.210 e. The van der Waals surface area contributed by atoms with E-state index in [1.807, 2.05) is 0 Å². The van der Waals surface area contributed by atoms with E-state index in [9.17, 15) is 4.79 Å². The third-order valence-corrected chi connectivity index (χ3v) is 3.75. The standard InChI is InChI=1S/C10H16BNO2/c11-10(14)12-5-7-3-1-2-4-8(7)9(12)6-13/h7-9,13H,1-6H2/t7?,8?,9-/m1/s1/i13T. The minimum atomic E-state index is -0.369. The smallest absolute Gasteiger partial charge is 0.210 e. The summed E-state index contributed by atoms with van der Waals surface area (Å²) in [4.78, 5) is 13.0. The largest absolute Gasteiger partial charge is 0.394 e. The SMILES string of the molecule is [3H]OC[C@@H]1C2CCCCC2CN1C([B])=O. The van der Waals surface area contributed by atoms with E-state index >= 15 is 0 Å². The molecule has 3 atom stereocenters. The second-order valence-corrected chi connectivity index (χ2v) is 4.43. The highest BCUT2D eigenvalue weighted by atomic mass is 16.3. The number of aliphatic hydroxyl groups excluding tert-OH is 1. The van der Waals surface area contributed by atoms with Crippen LogP contribution in [0.3, 0.4) is 0 Å². The zero-order valence-electron chi connectivity index (χ0n) is 9.32. The first kappa shape index (κ1) is 8.78. The molecule has 1 aliphatic carbocycles. The fourth-order valence-electron chi connectivity index (χ4n) is 3.06. The van der Waals surface area contributed by atoms with E-state index in [0.717, 1.165) is 13.0 Å². The first-order chi connectivity index (χ1) is 7.24. The van der Waals surface area contributed by atoms with Crippen molar-refractivity contribution < 1.29 is 9.90 Å². The van der Waals surface area contributed by atoms with Crippen molar-refractivity contribution >= 4 is 13.7 Å². The molecule has 1 heterocycles. The summed E-state index contributed by atoms with van der Waals surface area (Å²) in [7, 11) is 5.34. The van der Waals surface area contributed by atoms with Gasteiger partial charge in [0.15, 0.2) is 5.81 Å². The molecule has 1 N–H and O–H groups in total. The molecule has 1 saturated carbocycles. The van der Waals surface area contributed by atoms with Gasteiger partial charge in [-0.05, 0) is 24.7 Å². The van der Waals surface area contributed by atoms with Crippen LogP contribution < -0.4 is 0 Å². The summed E-state index contributed by atoms with van der Waals surface area (Å²) in [6.07, 6.45) is 4.80. The Hall–Kier alpha value is -0.505. The Labute approximate surface area is 87.4 Å². The number of carbonyl (C=O) groups is 1. The van der Waals surface area contributed by atoms with Crippen LogP contribution in [0, 0.1) is 11.8 Å². The van der Waals surface area contributed by atoms with Crippen LogP contribution in [-0.4, -0.2) is 44.3 Å². The number of amides is 1. The second kappa shape index (κ2) is 3.93. The van der Waals surface area contributed by atoms with E-state index in [4.69, 9.17) is 9.28 Å². The fraction of sp³-hybridized carbons (Fsp3) is 0.900. The lowest BCUT2D eigenvalue weighted by Crippen LogP contribution is -2.39. The number of aliphatic hydroxyl groups is 1. The van der Waals surface area contributed by atoms with Crippen molar-refractivity contribution in [1.29, 1.82) is 1.43 Å². The summed E-state index contributed by atoms with van der Waals surface area (Å²) in [5, 5.41) is 4.46. The number of carbonyl (C=O) groups excluding carboxylic acids is 1. The number of nitrogens with zero attached hydrogens (tertiary/aromatic N) is 1. The Kier molecular flexibility index (Phi) is 2.46. The molecule has 2 rings (SSSR count). The van der Waals surface area contributed by atoms with Crippen LogP contribution in [0.4, 0.5) is 4.79 Å².